The van der Waals surface area contributed by atoms with E-state index in [1.54, 1.807) is 0 Å². The molecule has 2 nitrogen and oxygen atoms in total. The lowest BCUT2D eigenvalue weighted by Gasteiger charge is -2.33. The summed E-state index contributed by atoms with van der Waals surface area (Å²) in [4.78, 5) is 0. The van der Waals surface area contributed by atoms with Crippen LogP contribution in [0, 0.1) is 5.41 Å². The Kier molecular flexibility index (Phi) is 3.19. The number of rotatable bonds is 3. The van der Waals surface area contributed by atoms with E-state index in [1.165, 1.54) is 0 Å². The molecule has 0 bridgehead atoms. The highest BCUT2D eigenvalue weighted by Gasteiger charge is 2.24. The Labute approximate surface area is 76.2 Å². The van der Waals surface area contributed by atoms with Gasteiger partial charge in [0.1, 0.15) is 0 Å². The van der Waals surface area contributed by atoms with Crippen molar-refractivity contribution in [2.75, 3.05) is 0 Å². The first-order chi connectivity index (χ1) is 5.12. The molecule has 0 aromatic carbocycles. The van der Waals surface area contributed by atoms with Gasteiger partial charge in [-0.05, 0) is 25.7 Å². The third kappa shape index (κ3) is 6.08. The van der Waals surface area contributed by atoms with Crippen LogP contribution in [0.2, 0.25) is 0 Å². The highest BCUT2D eigenvalue weighted by atomic mass is 15.0. The van der Waals surface area contributed by atoms with Crippen molar-refractivity contribution in [1.82, 2.24) is 5.32 Å². The quantitative estimate of drug-likeness (QED) is 0.681. The predicted molar refractivity (Wildman–Crippen MR) is 54.6 cm³/mol. The van der Waals surface area contributed by atoms with Gasteiger partial charge in [-0.1, -0.05) is 27.4 Å². The van der Waals surface area contributed by atoms with E-state index in [4.69, 9.17) is 5.73 Å². The van der Waals surface area contributed by atoms with Gasteiger partial charge in [-0.2, -0.15) is 0 Å². The maximum atomic E-state index is 5.49. The minimum Gasteiger partial charge on any atom is -0.386 e. The predicted octanol–water partition coefficient (Wildman–Crippen LogP) is 2.22. The monoisotopic (exact) mass is 170 g/mol. The van der Waals surface area contributed by atoms with Crippen LogP contribution in [0.4, 0.5) is 0 Å². The first kappa shape index (κ1) is 11.3. The standard InChI is InChI=1S/C10H22N2/c1-8(11)12-10(5,6)7-9(2,3)4/h12H,1,7,11H2,2-6H3. The number of nitrogens with two attached hydrogens (primary N) is 1. The molecule has 0 spiro atoms. The first-order valence-corrected chi connectivity index (χ1v) is 4.35. The zero-order valence-electron chi connectivity index (χ0n) is 8.99. The molecule has 0 fully saturated rings. The van der Waals surface area contributed by atoms with Crippen molar-refractivity contribution in [2.24, 2.45) is 11.1 Å². The van der Waals surface area contributed by atoms with Crippen LogP contribution < -0.4 is 11.1 Å². The van der Waals surface area contributed by atoms with Crippen molar-refractivity contribution in [1.29, 1.82) is 0 Å². The lowest BCUT2D eigenvalue weighted by molar-refractivity contribution is 0.256. The number of hydrogen-bond acceptors (Lipinski definition) is 2. The van der Waals surface area contributed by atoms with Gasteiger partial charge in [0.2, 0.25) is 0 Å². The summed E-state index contributed by atoms with van der Waals surface area (Å²) in [5.41, 5.74) is 5.84. The second kappa shape index (κ2) is 3.38. The lowest BCUT2D eigenvalue weighted by atomic mass is 9.82. The molecule has 0 saturated heterocycles. The van der Waals surface area contributed by atoms with Gasteiger partial charge >= 0.3 is 0 Å². The Balaban J connectivity index is 4.13. The summed E-state index contributed by atoms with van der Waals surface area (Å²) in [5, 5.41) is 3.16. The summed E-state index contributed by atoms with van der Waals surface area (Å²) in [5.74, 6) is 0.546. The maximum absolute atomic E-state index is 5.49. The largest absolute Gasteiger partial charge is 0.386 e. The van der Waals surface area contributed by atoms with E-state index in [2.05, 4.69) is 46.5 Å². The molecule has 0 heterocycles. The van der Waals surface area contributed by atoms with E-state index in [0.717, 1.165) is 6.42 Å². The molecular formula is C10H22N2. The van der Waals surface area contributed by atoms with Gasteiger partial charge in [0.05, 0.1) is 5.82 Å². The van der Waals surface area contributed by atoms with Crippen molar-refractivity contribution < 1.29 is 0 Å². The zero-order chi connectivity index (χ0) is 9.99. The third-order valence-electron chi connectivity index (χ3n) is 1.47. The Morgan fingerprint density at radius 1 is 1.25 bits per heavy atom. The molecule has 0 saturated carbocycles. The van der Waals surface area contributed by atoms with Gasteiger partial charge in [0.15, 0.2) is 0 Å². The van der Waals surface area contributed by atoms with Gasteiger partial charge in [0, 0.05) is 5.54 Å². The topological polar surface area (TPSA) is 38.0 Å². The van der Waals surface area contributed by atoms with Gasteiger partial charge in [0.25, 0.3) is 0 Å². The van der Waals surface area contributed by atoms with Crippen molar-refractivity contribution in [3.05, 3.63) is 12.4 Å². The minimum absolute atomic E-state index is 0.0318. The molecule has 72 valence electrons. The Morgan fingerprint density at radius 2 is 1.67 bits per heavy atom. The van der Waals surface area contributed by atoms with Crippen molar-refractivity contribution in [3.8, 4) is 0 Å². The zero-order valence-corrected chi connectivity index (χ0v) is 8.99. The molecule has 12 heavy (non-hydrogen) atoms. The lowest BCUT2D eigenvalue weighted by Crippen LogP contribution is -2.43. The van der Waals surface area contributed by atoms with Crippen LogP contribution in [0.15, 0.2) is 12.4 Å². The van der Waals surface area contributed by atoms with Gasteiger partial charge in [-0.15, -0.1) is 0 Å². The molecule has 0 aromatic heterocycles. The normalized spacial score (nSPS) is 12.8. The first-order valence-electron chi connectivity index (χ1n) is 4.35. The van der Waals surface area contributed by atoms with E-state index in [1.807, 2.05) is 0 Å². The fourth-order valence-electron chi connectivity index (χ4n) is 1.80. The highest BCUT2D eigenvalue weighted by Crippen LogP contribution is 2.26. The highest BCUT2D eigenvalue weighted by molar-refractivity contribution is 4.94. The molecule has 3 N–H and O–H groups in total. The average Bonchev–Trinajstić information content (AvgIpc) is 1.48. The number of hydrogen-bond donors (Lipinski definition) is 2. The average molecular weight is 170 g/mol. The fourth-order valence-corrected chi connectivity index (χ4v) is 1.80. The van der Waals surface area contributed by atoms with Crippen LogP contribution in [0.25, 0.3) is 0 Å². The summed E-state index contributed by atoms with van der Waals surface area (Å²) < 4.78 is 0. The molecule has 0 aliphatic rings. The van der Waals surface area contributed by atoms with Gasteiger partial charge in [-0.3, -0.25) is 0 Å². The van der Waals surface area contributed by atoms with Gasteiger partial charge < -0.3 is 11.1 Å². The van der Waals surface area contributed by atoms with Crippen LogP contribution in [0.5, 0.6) is 0 Å². The van der Waals surface area contributed by atoms with Crippen LogP contribution in [-0.4, -0.2) is 5.54 Å². The second-order valence-electron chi connectivity index (χ2n) is 5.27. The summed E-state index contributed by atoms with van der Waals surface area (Å²) in [7, 11) is 0. The number of nitrogens with one attached hydrogen (secondary N) is 1. The Morgan fingerprint density at radius 3 is 1.92 bits per heavy atom. The molecule has 2 heteroatoms. The molecule has 0 unspecified atom stereocenters. The Bertz CT molecular complexity index is 163. The molecule has 0 rings (SSSR count). The molecule has 0 atom stereocenters. The minimum atomic E-state index is 0.0318. The summed E-state index contributed by atoms with van der Waals surface area (Å²) in [6, 6.07) is 0. The van der Waals surface area contributed by atoms with E-state index in [-0.39, 0.29) is 5.54 Å². The van der Waals surface area contributed by atoms with Crippen molar-refractivity contribution >= 4 is 0 Å². The molecule has 0 radical (unpaired) electrons. The SMILES string of the molecule is C=C(N)NC(C)(C)CC(C)(C)C. The van der Waals surface area contributed by atoms with E-state index in [9.17, 15) is 0 Å². The van der Waals surface area contributed by atoms with E-state index < -0.39 is 0 Å². The van der Waals surface area contributed by atoms with Crippen LogP contribution in [-0.2, 0) is 0 Å². The molecule has 0 aliphatic carbocycles. The molecule has 0 aromatic rings. The molecule has 0 aliphatic heterocycles. The van der Waals surface area contributed by atoms with E-state index in [0.29, 0.717) is 11.2 Å². The van der Waals surface area contributed by atoms with Crippen LogP contribution in [0.3, 0.4) is 0 Å². The smallest absolute Gasteiger partial charge is 0.0890 e. The Hall–Kier alpha value is -0.660. The van der Waals surface area contributed by atoms with Crippen LogP contribution >= 0.6 is 0 Å². The second-order valence-corrected chi connectivity index (χ2v) is 5.27. The fraction of sp³-hybridized carbons (Fsp3) is 0.800. The van der Waals surface area contributed by atoms with Crippen molar-refractivity contribution in [2.45, 2.75) is 46.6 Å². The summed E-state index contributed by atoms with van der Waals surface area (Å²) >= 11 is 0. The molecular weight excluding hydrogens is 148 g/mol. The summed E-state index contributed by atoms with van der Waals surface area (Å²) in [6.07, 6.45) is 1.07. The summed E-state index contributed by atoms with van der Waals surface area (Å²) in [6.45, 7) is 14.6. The van der Waals surface area contributed by atoms with Crippen molar-refractivity contribution in [3.63, 3.8) is 0 Å². The maximum Gasteiger partial charge on any atom is 0.0890 e. The van der Waals surface area contributed by atoms with E-state index >= 15 is 0 Å². The molecule has 0 amide bonds. The van der Waals surface area contributed by atoms with Crippen LogP contribution in [0.1, 0.15) is 41.0 Å². The van der Waals surface area contributed by atoms with Gasteiger partial charge in [-0.25, -0.2) is 0 Å². The third-order valence-corrected chi connectivity index (χ3v) is 1.47.